The predicted octanol–water partition coefficient (Wildman–Crippen LogP) is 22.7. The van der Waals surface area contributed by atoms with Crippen molar-refractivity contribution in [3.8, 4) is 101 Å². The molecule has 0 spiro atoms. The van der Waals surface area contributed by atoms with E-state index in [0.717, 1.165) is 179 Å². The molecular weight excluding hydrogens is 1330 g/mol. The molecule has 0 radical (unpaired) electrons. The summed E-state index contributed by atoms with van der Waals surface area (Å²) in [5, 5.41) is 4.75. The van der Waals surface area contributed by atoms with Crippen molar-refractivity contribution in [3.63, 3.8) is 0 Å². The lowest BCUT2D eigenvalue weighted by molar-refractivity contribution is 0.487. The van der Waals surface area contributed by atoms with E-state index >= 15 is 0 Å². The Balaban J connectivity index is 0.826. The summed E-state index contributed by atoms with van der Waals surface area (Å²) >= 11 is 0. The van der Waals surface area contributed by atoms with Crippen LogP contribution in [-0.4, -0.2) is 22.6 Å². The lowest BCUT2D eigenvalue weighted by atomic mass is 9.30. The van der Waals surface area contributed by atoms with E-state index in [-0.39, 0.29) is 13.4 Å². The van der Waals surface area contributed by atoms with Crippen LogP contribution in [0, 0.1) is 0 Å². The van der Waals surface area contributed by atoms with Crippen molar-refractivity contribution in [1.29, 1.82) is 0 Å². The molecule has 8 heteroatoms. The van der Waals surface area contributed by atoms with Gasteiger partial charge in [0.25, 0.3) is 13.4 Å². The van der Waals surface area contributed by atoms with Gasteiger partial charge in [0.2, 0.25) is 0 Å². The van der Waals surface area contributed by atoms with E-state index in [9.17, 15) is 0 Å². The SMILES string of the molecule is c1ccc(-c2ccc3c(c2)Oc2cc(-c4ccc5c(c4)c4ccccc4n5-c4ccccc4)cc4c2B3c2cc3c(cc2N4c2ccccc2)N(c2c(-c4ccccc4)cccc2-c2ccccc2)c2cc(-c4ccc5c(c4)c4ccccc4n5-c4ccccc4)cc4c2B3c2ccc(-c3ccccc3)cc2O4)cc1. The first-order valence-electron chi connectivity index (χ1n) is 37.9. The summed E-state index contributed by atoms with van der Waals surface area (Å²) in [7, 11) is 0. The molecule has 510 valence electrons. The van der Waals surface area contributed by atoms with Gasteiger partial charge in [-0.05, 0) is 204 Å². The van der Waals surface area contributed by atoms with Crippen LogP contribution in [0.2, 0.25) is 0 Å². The van der Waals surface area contributed by atoms with Crippen molar-refractivity contribution in [3.05, 3.63) is 388 Å². The van der Waals surface area contributed by atoms with E-state index in [1.54, 1.807) is 0 Å². The maximum Gasteiger partial charge on any atom is 0.256 e. The molecule has 19 aromatic rings. The van der Waals surface area contributed by atoms with Gasteiger partial charge >= 0.3 is 0 Å². The van der Waals surface area contributed by atoms with Crippen LogP contribution in [0.5, 0.6) is 23.0 Å². The molecule has 2 aromatic heterocycles. The van der Waals surface area contributed by atoms with Gasteiger partial charge in [0.05, 0.1) is 27.8 Å². The molecule has 0 amide bonds. The van der Waals surface area contributed by atoms with E-state index in [1.807, 2.05) is 0 Å². The third-order valence-electron chi connectivity index (χ3n) is 23.4. The van der Waals surface area contributed by atoms with Crippen molar-refractivity contribution >= 4 is 124 Å². The normalized spacial score (nSPS) is 12.8. The zero-order valence-corrected chi connectivity index (χ0v) is 59.7. The second kappa shape index (κ2) is 24.6. The zero-order chi connectivity index (χ0) is 72.1. The lowest BCUT2D eigenvalue weighted by Crippen LogP contribution is -2.63. The Morgan fingerprint density at radius 1 is 0.200 bits per heavy atom. The second-order valence-electron chi connectivity index (χ2n) is 29.4. The molecule has 0 saturated heterocycles. The molecule has 0 fully saturated rings. The fourth-order valence-corrected chi connectivity index (χ4v) is 18.5. The predicted molar refractivity (Wildman–Crippen MR) is 459 cm³/mol. The monoisotopic (exact) mass is 1400 g/mol. The second-order valence-corrected chi connectivity index (χ2v) is 29.4. The number of benzene rings is 17. The molecule has 17 aromatic carbocycles. The smallest absolute Gasteiger partial charge is 0.256 e. The molecule has 4 aliphatic heterocycles. The quantitative estimate of drug-likeness (QED) is 0.128. The van der Waals surface area contributed by atoms with Crippen LogP contribution in [-0.2, 0) is 0 Å². The summed E-state index contributed by atoms with van der Waals surface area (Å²) in [6, 6.07) is 143. The van der Waals surface area contributed by atoms with Crippen molar-refractivity contribution in [2.75, 3.05) is 9.80 Å². The molecule has 0 atom stereocenters. The molecule has 4 aliphatic rings. The molecule has 0 N–H and O–H groups in total. The fraction of sp³-hybridized carbons (Fsp3) is 0. The minimum Gasteiger partial charge on any atom is -0.458 e. The van der Waals surface area contributed by atoms with Crippen molar-refractivity contribution < 1.29 is 9.47 Å². The number of anilines is 6. The Morgan fingerprint density at radius 3 is 1.01 bits per heavy atom. The van der Waals surface area contributed by atoms with Crippen LogP contribution < -0.4 is 52.1 Å². The first-order chi connectivity index (χ1) is 54.6. The summed E-state index contributed by atoms with van der Waals surface area (Å²) in [5.74, 6) is 3.32. The van der Waals surface area contributed by atoms with Crippen LogP contribution in [0.1, 0.15) is 0 Å². The fourth-order valence-electron chi connectivity index (χ4n) is 18.5. The number of hydrogen-bond donors (Lipinski definition) is 0. The van der Waals surface area contributed by atoms with Gasteiger partial charge in [0.1, 0.15) is 23.0 Å². The Morgan fingerprint density at radius 2 is 0.555 bits per heavy atom. The van der Waals surface area contributed by atoms with Crippen molar-refractivity contribution in [1.82, 2.24) is 9.13 Å². The van der Waals surface area contributed by atoms with Gasteiger partial charge in [-0.2, -0.15) is 0 Å². The first-order valence-corrected chi connectivity index (χ1v) is 37.9. The van der Waals surface area contributed by atoms with Crippen LogP contribution in [0.3, 0.4) is 0 Å². The lowest BCUT2D eigenvalue weighted by Gasteiger charge is -2.45. The summed E-state index contributed by atoms with van der Waals surface area (Å²) in [6.07, 6.45) is 0. The Labute approximate surface area is 637 Å². The van der Waals surface area contributed by atoms with Crippen molar-refractivity contribution in [2.45, 2.75) is 0 Å². The van der Waals surface area contributed by atoms with Gasteiger partial charge < -0.3 is 28.4 Å². The van der Waals surface area contributed by atoms with E-state index in [0.29, 0.717) is 0 Å². The van der Waals surface area contributed by atoms with Crippen LogP contribution in [0.15, 0.2) is 388 Å². The molecule has 23 rings (SSSR count). The van der Waals surface area contributed by atoms with Crippen LogP contribution >= 0.6 is 0 Å². The standard InChI is InChI=1S/C102H64B2N4O2/c1-8-27-65(28-9-1)71-47-51-84-96(59-71)109-98-61-73(69-49-53-90-82(55-69)80-41-22-24-45-88(80)105(90)75-35-16-5-17-36-75)57-94-100(98)103(84)86-63-87-93(64-92(86)107(94)77-39-20-7-21-40-77)108(102-78(67-31-12-3-13-32-67)43-26-44-79(102)68-33-14-4-15-34-68)95-58-74(62-99-101(95)104(87)85-52-48-72(60-97(85)110-99)66-29-10-2-11-30-66)70-50-54-91-83(56-70)81-42-23-25-46-89(81)106(91)76-37-18-6-19-38-76/h1-64H. The van der Waals surface area contributed by atoms with E-state index in [1.165, 1.54) is 32.5 Å². The highest BCUT2D eigenvalue weighted by molar-refractivity contribution is 7.02. The van der Waals surface area contributed by atoms with Crippen molar-refractivity contribution in [2.24, 2.45) is 0 Å². The number of nitrogens with zero attached hydrogens (tertiary/aromatic N) is 4. The van der Waals surface area contributed by atoms with Crippen LogP contribution in [0.4, 0.5) is 34.1 Å². The maximum absolute atomic E-state index is 7.75. The number of ether oxygens (including phenoxy) is 2. The third-order valence-corrected chi connectivity index (χ3v) is 23.4. The minimum absolute atomic E-state index is 0.273. The number of hydrogen-bond acceptors (Lipinski definition) is 4. The molecule has 0 unspecified atom stereocenters. The summed E-state index contributed by atoms with van der Waals surface area (Å²) in [6.45, 7) is -0.574. The largest absolute Gasteiger partial charge is 0.458 e. The highest BCUT2D eigenvalue weighted by Gasteiger charge is 2.48. The average Bonchev–Trinajstić information content (AvgIpc) is 0.940. The number of aromatic nitrogens is 2. The number of rotatable bonds is 10. The first kappa shape index (κ1) is 61.9. The number of para-hydroxylation sites is 6. The van der Waals surface area contributed by atoms with Gasteiger partial charge in [-0.25, -0.2) is 0 Å². The highest BCUT2D eigenvalue weighted by Crippen LogP contribution is 2.53. The van der Waals surface area contributed by atoms with Crippen LogP contribution in [0.25, 0.3) is 122 Å². The topological polar surface area (TPSA) is 34.8 Å². The minimum atomic E-state index is -0.300. The molecule has 0 bridgehead atoms. The molecular formula is C102H64B2N4O2. The molecule has 0 saturated carbocycles. The number of fused-ring (bicyclic) bond motifs is 14. The third kappa shape index (κ3) is 9.59. The molecule has 6 heterocycles. The van der Waals surface area contributed by atoms with Gasteiger partial charge in [-0.1, -0.05) is 273 Å². The molecule has 6 nitrogen and oxygen atoms in total. The summed E-state index contributed by atoms with van der Waals surface area (Å²) in [4.78, 5) is 5.18. The van der Waals surface area contributed by atoms with Gasteiger partial charge in [0, 0.05) is 72.5 Å². The summed E-state index contributed by atoms with van der Waals surface area (Å²) in [5.41, 5.74) is 33.1. The Hall–Kier alpha value is -14.3. The zero-order valence-electron chi connectivity index (χ0n) is 59.7. The molecule has 110 heavy (non-hydrogen) atoms. The van der Waals surface area contributed by atoms with E-state index in [4.69, 9.17) is 9.47 Å². The Kier molecular flexibility index (Phi) is 13.9. The van der Waals surface area contributed by atoms with E-state index in [2.05, 4.69) is 407 Å². The van der Waals surface area contributed by atoms with Gasteiger partial charge in [-0.15, -0.1) is 0 Å². The van der Waals surface area contributed by atoms with E-state index < -0.39 is 0 Å². The molecule has 0 aliphatic carbocycles. The summed E-state index contributed by atoms with van der Waals surface area (Å²) < 4.78 is 20.2. The Bertz CT molecular complexity index is 6910. The van der Waals surface area contributed by atoms with Gasteiger partial charge in [0.15, 0.2) is 0 Å². The maximum atomic E-state index is 7.75. The average molecular weight is 1400 g/mol. The highest BCUT2D eigenvalue weighted by atomic mass is 16.5. The van der Waals surface area contributed by atoms with Gasteiger partial charge in [-0.3, -0.25) is 0 Å².